The molecular weight excluding hydrogens is 344 g/mol. The third-order valence-corrected chi connectivity index (χ3v) is 7.38. The van der Waals surface area contributed by atoms with Crippen LogP contribution in [0.3, 0.4) is 0 Å². The number of nitrogens with one attached hydrogen (secondary N) is 1. The molecule has 0 bridgehead atoms. The highest BCUT2D eigenvalue weighted by Crippen LogP contribution is 2.56. The summed E-state index contributed by atoms with van der Waals surface area (Å²) >= 11 is 0. The zero-order valence-electron chi connectivity index (χ0n) is 16.6. The van der Waals surface area contributed by atoms with E-state index < -0.39 is 11.0 Å². The Balaban J connectivity index is 1.89. The molecule has 148 valence electrons. The number of methoxy groups -OCH3 is 1. The number of piperidine rings is 1. The molecule has 1 aromatic rings. The average molecular weight is 374 g/mol. The van der Waals surface area contributed by atoms with E-state index in [4.69, 9.17) is 9.47 Å². The Morgan fingerprint density at radius 2 is 2.19 bits per heavy atom. The van der Waals surface area contributed by atoms with E-state index in [0.717, 1.165) is 30.7 Å². The van der Waals surface area contributed by atoms with Gasteiger partial charge in [-0.1, -0.05) is 13.0 Å². The number of aliphatic hydroxyl groups is 1. The van der Waals surface area contributed by atoms with Gasteiger partial charge in [-0.2, -0.15) is 0 Å². The predicted molar refractivity (Wildman–Crippen MR) is 102 cm³/mol. The number of nitrogens with zero attached hydrogens (tertiary/aromatic N) is 1. The van der Waals surface area contributed by atoms with Gasteiger partial charge in [0.2, 0.25) is 0 Å². The van der Waals surface area contributed by atoms with E-state index in [-0.39, 0.29) is 24.3 Å². The topological polar surface area (TPSA) is 71.0 Å². The summed E-state index contributed by atoms with van der Waals surface area (Å²) in [5.74, 6) is 0.800. The molecule has 27 heavy (non-hydrogen) atoms. The van der Waals surface area contributed by atoms with Crippen LogP contribution in [0.2, 0.25) is 0 Å². The lowest BCUT2D eigenvalue weighted by Crippen LogP contribution is -2.72. The summed E-state index contributed by atoms with van der Waals surface area (Å²) in [4.78, 5) is 14.1. The summed E-state index contributed by atoms with van der Waals surface area (Å²) in [5.41, 5.74) is 0.944. The fourth-order valence-electron chi connectivity index (χ4n) is 5.64. The van der Waals surface area contributed by atoms with Gasteiger partial charge in [-0.15, -0.1) is 0 Å². The van der Waals surface area contributed by atoms with E-state index in [1.54, 1.807) is 7.11 Å². The van der Waals surface area contributed by atoms with Crippen molar-refractivity contribution in [3.05, 3.63) is 29.3 Å². The lowest BCUT2D eigenvalue weighted by molar-refractivity contribution is -0.166. The van der Waals surface area contributed by atoms with Gasteiger partial charge in [0.05, 0.1) is 18.8 Å². The molecule has 1 amide bonds. The zero-order valence-corrected chi connectivity index (χ0v) is 16.6. The number of hydrogen-bond acceptors (Lipinski definition) is 5. The van der Waals surface area contributed by atoms with E-state index >= 15 is 0 Å². The number of carbonyl (C=O) groups excluding carboxylic acids is 1. The molecule has 5 atom stereocenters. The Hall–Kier alpha value is -1.79. The van der Waals surface area contributed by atoms with Gasteiger partial charge >= 0.3 is 6.09 Å². The molecule has 1 saturated carbocycles. The van der Waals surface area contributed by atoms with Crippen LogP contribution in [0.1, 0.15) is 44.2 Å². The van der Waals surface area contributed by atoms with E-state index in [9.17, 15) is 9.90 Å². The van der Waals surface area contributed by atoms with Gasteiger partial charge in [-0.25, -0.2) is 4.79 Å². The molecule has 3 fully saturated rings. The Morgan fingerprint density at radius 1 is 1.41 bits per heavy atom. The third kappa shape index (κ3) is 2.57. The number of amides is 1. The van der Waals surface area contributed by atoms with Crippen LogP contribution in [0.4, 0.5) is 4.79 Å². The van der Waals surface area contributed by atoms with E-state index in [1.807, 2.05) is 6.07 Å². The molecule has 4 rings (SSSR count). The highest BCUT2D eigenvalue weighted by atomic mass is 16.6. The molecule has 1 aliphatic carbocycles. The number of alkyl carbamates (subject to hydrolysis) is 1. The van der Waals surface area contributed by atoms with Gasteiger partial charge in [0.15, 0.2) is 0 Å². The quantitative estimate of drug-likeness (QED) is 0.849. The van der Waals surface area contributed by atoms with E-state index in [0.29, 0.717) is 12.8 Å². The zero-order chi connectivity index (χ0) is 19.4. The minimum Gasteiger partial charge on any atom is -0.497 e. The van der Waals surface area contributed by atoms with Crippen LogP contribution in [0, 0.1) is 0 Å². The minimum absolute atomic E-state index is 0.0272. The monoisotopic (exact) mass is 374 g/mol. The summed E-state index contributed by atoms with van der Waals surface area (Å²) in [5, 5.41) is 15.1. The van der Waals surface area contributed by atoms with Gasteiger partial charge in [-0.05, 0) is 63.0 Å². The summed E-state index contributed by atoms with van der Waals surface area (Å²) in [6.07, 6.45) is 2.26. The molecule has 2 unspecified atom stereocenters. The first-order chi connectivity index (χ1) is 12.8. The van der Waals surface area contributed by atoms with Crippen LogP contribution in [0.15, 0.2) is 18.2 Å². The van der Waals surface area contributed by atoms with Crippen molar-refractivity contribution in [3.63, 3.8) is 0 Å². The maximum atomic E-state index is 12.2. The van der Waals surface area contributed by atoms with Crippen molar-refractivity contribution < 1.29 is 19.4 Å². The average Bonchev–Trinajstić information content (AvgIpc) is 3.01. The first-order valence-electron chi connectivity index (χ1n) is 9.92. The Labute approximate surface area is 160 Å². The van der Waals surface area contributed by atoms with E-state index in [2.05, 4.69) is 43.2 Å². The smallest absolute Gasteiger partial charge is 0.407 e. The number of hydrogen-bond donors (Lipinski definition) is 2. The summed E-state index contributed by atoms with van der Waals surface area (Å²) in [6, 6.07) is 6.02. The van der Waals surface area contributed by atoms with Crippen molar-refractivity contribution in [1.82, 2.24) is 10.2 Å². The lowest BCUT2D eigenvalue weighted by Gasteiger charge is -2.61. The van der Waals surface area contributed by atoms with Crippen LogP contribution in [0.25, 0.3) is 0 Å². The van der Waals surface area contributed by atoms with Crippen LogP contribution in [0.5, 0.6) is 5.75 Å². The number of rotatable bonds is 3. The maximum Gasteiger partial charge on any atom is 0.407 e. The fourth-order valence-corrected chi connectivity index (χ4v) is 5.64. The molecule has 3 aliphatic rings. The second-order valence-corrected chi connectivity index (χ2v) is 8.39. The fraction of sp³-hybridized carbons (Fsp3) is 0.667. The molecule has 1 aromatic carbocycles. The molecule has 2 heterocycles. The highest BCUT2D eigenvalue weighted by molar-refractivity contribution is 5.70. The van der Waals surface area contributed by atoms with Crippen molar-refractivity contribution >= 4 is 6.09 Å². The molecule has 0 radical (unpaired) electrons. The number of benzene rings is 1. The van der Waals surface area contributed by atoms with Crippen molar-refractivity contribution in [2.24, 2.45) is 0 Å². The highest BCUT2D eigenvalue weighted by Gasteiger charge is 2.64. The maximum absolute atomic E-state index is 12.2. The Bertz CT molecular complexity index is 754. The van der Waals surface area contributed by atoms with Crippen LogP contribution >= 0.6 is 0 Å². The first kappa shape index (κ1) is 18.6. The SMILES string of the molecule is CCc1ccc(OC)cc1[C@]12CCN(C)C(C)C1(O)C[C@@H]1NC(=O)O[C@@H]1C2. The molecule has 0 spiro atoms. The van der Waals surface area contributed by atoms with Crippen LogP contribution in [-0.4, -0.2) is 60.6 Å². The van der Waals surface area contributed by atoms with Gasteiger partial charge in [0.1, 0.15) is 11.9 Å². The largest absolute Gasteiger partial charge is 0.497 e. The number of likely N-dealkylation sites (tertiary alicyclic amines) is 1. The normalized spacial score (nSPS) is 38.6. The van der Waals surface area contributed by atoms with Gasteiger partial charge in [0, 0.05) is 17.9 Å². The predicted octanol–water partition coefficient (Wildman–Crippen LogP) is 2.22. The number of carbonyl (C=O) groups is 1. The second kappa shape index (κ2) is 6.38. The molecule has 6 heteroatoms. The van der Waals surface area contributed by atoms with E-state index in [1.165, 1.54) is 5.56 Å². The minimum atomic E-state index is -0.960. The van der Waals surface area contributed by atoms with Gasteiger partial charge < -0.3 is 24.8 Å². The summed E-state index contributed by atoms with van der Waals surface area (Å²) in [7, 11) is 3.74. The Morgan fingerprint density at radius 3 is 2.89 bits per heavy atom. The van der Waals surface area contributed by atoms with Crippen molar-refractivity contribution in [2.45, 2.75) is 68.7 Å². The molecule has 2 N–H and O–H groups in total. The second-order valence-electron chi connectivity index (χ2n) is 8.39. The van der Waals surface area contributed by atoms with Crippen LogP contribution in [-0.2, 0) is 16.6 Å². The molecule has 2 saturated heterocycles. The summed E-state index contributed by atoms with van der Waals surface area (Å²) in [6.45, 7) is 5.13. The first-order valence-corrected chi connectivity index (χ1v) is 9.92. The molecule has 2 aliphatic heterocycles. The third-order valence-electron chi connectivity index (χ3n) is 7.38. The molecule has 0 aromatic heterocycles. The molecular formula is C21H30N2O4. The van der Waals surface area contributed by atoms with Crippen molar-refractivity contribution in [2.75, 3.05) is 20.7 Å². The lowest BCUT2D eigenvalue weighted by atomic mass is 9.52. The standard InChI is InChI=1S/C21H30N2O4/c1-5-14-6-7-15(26-4)10-16(14)20-8-9-23(3)13(2)21(20,25)11-17-18(12-20)27-19(24)22-17/h6-7,10,13,17-18,25H,5,8-9,11-12H2,1-4H3,(H,22,24)/t13?,17-,18+,20+,21?/m0/s1. The number of likely N-dealkylation sites (N-methyl/N-ethyl adjacent to an activating group) is 1. The van der Waals surface area contributed by atoms with Gasteiger partial charge in [-0.3, -0.25) is 0 Å². The van der Waals surface area contributed by atoms with Gasteiger partial charge in [0.25, 0.3) is 0 Å². The van der Waals surface area contributed by atoms with Crippen molar-refractivity contribution in [3.8, 4) is 5.75 Å². The number of fused-ring (bicyclic) bond motifs is 2. The number of aryl methyl sites for hydroxylation is 1. The Kier molecular flexibility index (Phi) is 4.39. The summed E-state index contributed by atoms with van der Waals surface area (Å²) < 4.78 is 11.1. The molecule has 6 nitrogen and oxygen atoms in total. The van der Waals surface area contributed by atoms with Crippen molar-refractivity contribution in [1.29, 1.82) is 0 Å². The number of ether oxygens (including phenoxy) is 2. The van der Waals surface area contributed by atoms with Crippen LogP contribution < -0.4 is 10.1 Å².